The van der Waals surface area contributed by atoms with Gasteiger partial charge < -0.3 is 4.57 Å². The molecule has 0 radical (unpaired) electrons. The molecule has 16 heavy (non-hydrogen) atoms. The second-order valence-electron chi connectivity index (χ2n) is 4.66. The van der Waals surface area contributed by atoms with Crippen LogP contribution in [0.5, 0.6) is 0 Å². The molecule has 0 amide bonds. The number of carbonyl (C=O) groups excluding carboxylic acids is 1. The van der Waals surface area contributed by atoms with Crippen LogP contribution in [0, 0.1) is 0 Å². The largest absolute Gasteiger partial charge is 0.351 e. The molecule has 0 aliphatic heterocycles. The van der Waals surface area contributed by atoms with Crippen LogP contribution in [0.2, 0.25) is 0 Å². The molecule has 1 heterocycles. The molecule has 82 valence electrons. The minimum absolute atomic E-state index is 0.157. The van der Waals surface area contributed by atoms with Crippen molar-refractivity contribution in [1.29, 1.82) is 0 Å². The normalized spacial score (nSPS) is 20.8. The molecule has 3 rings (SSSR count). The van der Waals surface area contributed by atoms with Crippen LogP contribution in [0.1, 0.15) is 30.7 Å². The van der Waals surface area contributed by atoms with Crippen LogP contribution < -0.4 is 0 Å². The Morgan fingerprint density at radius 1 is 1.31 bits per heavy atom. The van der Waals surface area contributed by atoms with Gasteiger partial charge in [-0.2, -0.15) is 0 Å². The van der Waals surface area contributed by atoms with Crippen LogP contribution in [0.3, 0.4) is 0 Å². The van der Waals surface area contributed by atoms with Gasteiger partial charge in [0.25, 0.3) is 0 Å². The van der Waals surface area contributed by atoms with Crippen LogP contribution in [0.25, 0.3) is 10.9 Å². The van der Waals surface area contributed by atoms with E-state index in [0.29, 0.717) is 5.78 Å². The van der Waals surface area contributed by atoms with E-state index >= 15 is 0 Å². The fourth-order valence-corrected chi connectivity index (χ4v) is 2.69. The summed E-state index contributed by atoms with van der Waals surface area (Å²) in [5.41, 5.74) is 2.43. The quantitative estimate of drug-likeness (QED) is 0.713. The first-order valence-corrected chi connectivity index (χ1v) is 5.83. The third-order valence-electron chi connectivity index (χ3n) is 3.62. The molecule has 1 aliphatic carbocycles. The Bertz CT molecular complexity index is 553. The van der Waals surface area contributed by atoms with Crippen molar-refractivity contribution in [2.24, 2.45) is 7.05 Å². The Hall–Kier alpha value is -1.57. The summed E-state index contributed by atoms with van der Waals surface area (Å²) >= 11 is 0. The first kappa shape index (κ1) is 9.64. The van der Waals surface area contributed by atoms with E-state index in [4.69, 9.17) is 0 Å². The molecule has 2 nitrogen and oxygen atoms in total. The fourth-order valence-electron chi connectivity index (χ4n) is 2.69. The van der Waals surface area contributed by atoms with E-state index in [0.717, 1.165) is 19.3 Å². The van der Waals surface area contributed by atoms with Gasteiger partial charge in [-0.1, -0.05) is 6.07 Å². The molecule has 1 fully saturated rings. The maximum atomic E-state index is 11.7. The van der Waals surface area contributed by atoms with E-state index < -0.39 is 0 Å². The Morgan fingerprint density at radius 2 is 2.19 bits per heavy atom. The molecule has 1 aromatic heterocycles. The molecule has 2 heteroatoms. The number of aromatic nitrogens is 1. The summed E-state index contributed by atoms with van der Waals surface area (Å²) in [6.45, 7) is 0. The zero-order valence-electron chi connectivity index (χ0n) is 9.44. The van der Waals surface area contributed by atoms with E-state index in [1.165, 1.54) is 16.5 Å². The standard InChI is InChI=1S/C14H15NO/c1-15-8-7-11-9-10(5-6-13(11)15)12-3-2-4-14(12)16/h5-9,12H,2-4H2,1H3. The van der Waals surface area contributed by atoms with Gasteiger partial charge in [-0.3, -0.25) is 4.79 Å². The van der Waals surface area contributed by atoms with Crippen molar-refractivity contribution in [3.63, 3.8) is 0 Å². The van der Waals surface area contributed by atoms with Gasteiger partial charge in [0.1, 0.15) is 5.78 Å². The lowest BCUT2D eigenvalue weighted by molar-refractivity contribution is -0.118. The minimum atomic E-state index is 0.157. The summed E-state index contributed by atoms with van der Waals surface area (Å²) in [5.74, 6) is 0.569. The molecule has 0 bridgehead atoms. The van der Waals surface area contributed by atoms with E-state index in [9.17, 15) is 4.79 Å². The highest BCUT2D eigenvalue weighted by molar-refractivity contribution is 5.89. The Labute approximate surface area is 94.9 Å². The monoisotopic (exact) mass is 213 g/mol. The van der Waals surface area contributed by atoms with Crippen molar-refractivity contribution < 1.29 is 4.79 Å². The van der Waals surface area contributed by atoms with Gasteiger partial charge in [0.05, 0.1) is 0 Å². The van der Waals surface area contributed by atoms with Gasteiger partial charge in [0, 0.05) is 31.1 Å². The highest BCUT2D eigenvalue weighted by Crippen LogP contribution is 2.32. The number of hydrogen-bond donors (Lipinski definition) is 0. The zero-order chi connectivity index (χ0) is 11.1. The molecule has 1 unspecified atom stereocenters. The number of benzene rings is 1. The number of fused-ring (bicyclic) bond motifs is 1. The van der Waals surface area contributed by atoms with Gasteiger partial charge in [0.2, 0.25) is 0 Å². The lowest BCUT2D eigenvalue weighted by atomic mass is 9.96. The Balaban J connectivity index is 2.08. The molecular formula is C14H15NO. The van der Waals surface area contributed by atoms with Gasteiger partial charge in [-0.05, 0) is 42.0 Å². The topological polar surface area (TPSA) is 22.0 Å². The summed E-state index contributed by atoms with van der Waals surface area (Å²) in [6, 6.07) is 8.51. The smallest absolute Gasteiger partial charge is 0.140 e. The summed E-state index contributed by atoms with van der Waals surface area (Å²) in [5, 5.41) is 1.24. The number of aryl methyl sites for hydroxylation is 1. The van der Waals surface area contributed by atoms with Crippen LogP contribution in [-0.4, -0.2) is 10.4 Å². The van der Waals surface area contributed by atoms with E-state index in [1.807, 2.05) is 7.05 Å². The van der Waals surface area contributed by atoms with Gasteiger partial charge in [0.15, 0.2) is 0 Å². The molecule has 0 spiro atoms. The Kier molecular flexibility index (Phi) is 2.10. The first-order valence-electron chi connectivity index (χ1n) is 5.83. The van der Waals surface area contributed by atoms with Gasteiger partial charge in [-0.25, -0.2) is 0 Å². The van der Waals surface area contributed by atoms with Gasteiger partial charge >= 0.3 is 0 Å². The van der Waals surface area contributed by atoms with Crippen molar-refractivity contribution >= 4 is 16.7 Å². The molecule has 2 aromatic rings. The SMILES string of the molecule is Cn1ccc2cc(C3CCCC3=O)ccc21. The van der Waals surface area contributed by atoms with Crippen molar-refractivity contribution in [2.45, 2.75) is 25.2 Å². The third-order valence-corrected chi connectivity index (χ3v) is 3.62. The summed E-state index contributed by atoms with van der Waals surface area (Å²) in [6.07, 6.45) is 4.90. The second-order valence-corrected chi connectivity index (χ2v) is 4.66. The van der Waals surface area contributed by atoms with Crippen LogP contribution >= 0.6 is 0 Å². The molecule has 0 N–H and O–H groups in total. The first-order chi connectivity index (χ1) is 7.75. The lowest BCUT2D eigenvalue weighted by Gasteiger charge is -2.08. The number of nitrogens with zero attached hydrogens (tertiary/aromatic N) is 1. The molecule has 1 atom stereocenters. The van der Waals surface area contributed by atoms with Crippen molar-refractivity contribution in [1.82, 2.24) is 4.57 Å². The maximum Gasteiger partial charge on any atom is 0.140 e. The second kappa shape index (κ2) is 3.48. The highest BCUT2D eigenvalue weighted by atomic mass is 16.1. The fraction of sp³-hybridized carbons (Fsp3) is 0.357. The van der Waals surface area contributed by atoms with Crippen molar-refractivity contribution in [3.8, 4) is 0 Å². The summed E-state index contributed by atoms with van der Waals surface area (Å²) in [7, 11) is 2.04. The third kappa shape index (κ3) is 1.37. The van der Waals surface area contributed by atoms with Crippen molar-refractivity contribution in [3.05, 3.63) is 36.0 Å². The van der Waals surface area contributed by atoms with Crippen molar-refractivity contribution in [2.75, 3.05) is 0 Å². The number of rotatable bonds is 1. The van der Waals surface area contributed by atoms with Crippen LogP contribution in [0.15, 0.2) is 30.5 Å². The van der Waals surface area contributed by atoms with Crippen LogP contribution in [-0.2, 0) is 11.8 Å². The predicted octanol–water partition coefficient (Wildman–Crippen LogP) is 3.01. The maximum absolute atomic E-state index is 11.7. The predicted molar refractivity (Wildman–Crippen MR) is 64.5 cm³/mol. The molecule has 1 saturated carbocycles. The van der Waals surface area contributed by atoms with E-state index in [1.54, 1.807) is 0 Å². The molecule has 1 aliphatic rings. The molecule has 1 aromatic carbocycles. The average molecular weight is 213 g/mol. The molecule has 0 saturated heterocycles. The van der Waals surface area contributed by atoms with E-state index in [2.05, 4.69) is 35.0 Å². The Morgan fingerprint density at radius 3 is 2.94 bits per heavy atom. The number of ketones is 1. The average Bonchev–Trinajstić information content (AvgIpc) is 2.86. The molecular weight excluding hydrogens is 198 g/mol. The number of hydrogen-bond acceptors (Lipinski definition) is 1. The summed E-state index contributed by atoms with van der Waals surface area (Å²) in [4.78, 5) is 11.7. The summed E-state index contributed by atoms with van der Waals surface area (Å²) < 4.78 is 2.11. The lowest BCUT2D eigenvalue weighted by Crippen LogP contribution is -2.03. The highest BCUT2D eigenvalue weighted by Gasteiger charge is 2.25. The number of carbonyl (C=O) groups is 1. The number of Topliss-reactive ketones (excluding diaryl/α,β-unsaturated/α-hetero) is 1. The van der Waals surface area contributed by atoms with Gasteiger partial charge in [-0.15, -0.1) is 0 Å². The minimum Gasteiger partial charge on any atom is -0.351 e. The van der Waals surface area contributed by atoms with E-state index in [-0.39, 0.29) is 5.92 Å². The zero-order valence-corrected chi connectivity index (χ0v) is 9.44. The van der Waals surface area contributed by atoms with Crippen LogP contribution in [0.4, 0.5) is 0 Å².